The molecule has 19 heavy (non-hydrogen) atoms. The highest BCUT2D eigenvalue weighted by Gasteiger charge is 2.20. The van der Waals surface area contributed by atoms with E-state index in [1.807, 2.05) is 18.0 Å². The van der Waals surface area contributed by atoms with Crippen LogP contribution in [0.5, 0.6) is 0 Å². The molecule has 1 aliphatic rings. The summed E-state index contributed by atoms with van der Waals surface area (Å²) in [5.41, 5.74) is 1.10. The molecule has 0 spiro atoms. The molecule has 1 aromatic rings. The van der Waals surface area contributed by atoms with Gasteiger partial charge in [-0.15, -0.1) is 5.10 Å². The summed E-state index contributed by atoms with van der Waals surface area (Å²) < 4.78 is 0. The second-order valence-corrected chi connectivity index (χ2v) is 5.42. The topological polar surface area (TPSA) is 52.5 Å². The van der Waals surface area contributed by atoms with Gasteiger partial charge in [0.2, 0.25) is 0 Å². The molecule has 5 nitrogen and oxygen atoms in total. The van der Waals surface area contributed by atoms with Gasteiger partial charge in [-0.1, -0.05) is 0 Å². The van der Waals surface area contributed by atoms with E-state index in [0.29, 0.717) is 5.92 Å². The summed E-state index contributed by atoms with van der Waals surface area (Å²) in [6, 6.07) is 4.13. The van der Waals surface area contributed by atoms with E-state index in [0.717, 1.165) is 31.0 Å². The van der Waals surface area contributed by atoms with Gasteiger partial charge in [-0.2, -0.15) is 5.10 Å². The van der Waals surface area contributed by atoms with Crippen molar-refractivity contribution in [2.75, 3.05) is 45.2 Å². The summed E-state index contributed by atoms with van der Waals surface area (Å²) in [7, 11) is 4.14. The first-order valence-electron chi connectivity index (χ1n) is 7.05. The Kier molecular flexibility index (Phi) is 5.10. The fraction of sp³-hybridized carbons (Fsp3) is 0.714. The fourth-order valence-electron chi connectivity index (χ4n) is 2.59. The van der Waals surface area contributed by atoms with Crippen LogP contribution in [-0.4, -0.2) is 60.5 Å². The van der Waals surface area contributed by atoms with Gasteiger partial charge in [-0.25, -0.2) is 0 Å². The van der Waals surface area contributed by atoms with E-state index in [1.165, 1.54) is 19.4 Å². The highest BCUT2D eigenvalue weighted by atomic mass is 16.3. The van der Waals surface area contributed by atoms with E-state index >= 15 is 0 Å². The molecular weight excluding hydrogens is 240 g/mol. The molecule has 1 aliphatic heterocycles. The molecule has 0 saturated carbocycles. The van der Waals surface area contributed by atoms with Crippen LogP contribution in [0.3, 0.4) is 0 Å². The minimum atomic E-state index is 0.213. The first kappa shape index (κ1) is 14.2. The van der Waals surface area contributed by atoms with Gasteiger partial charge in [0.25, 0.3) is 0 Å². The standard InChI is InChI=1S/C14H24N4O/c1-17-8-3-5-12(11-17)13-6-7-14(16-15-13)18(2)9-4-10-19/h6-7,12,19H,3-5,8-11H2,1-2H3. The predicted octanol–water partition coefficient (Wildman–Crippen LogP) is 1.10. The quantitative estimate of drug-likeness (QED) is 0.863. The summed E-state index contributed by atoms with van der Waals surface area (Å²) in [5, 5.41) is 17.5. The largest absolute Gasteiger partial charge is 0.396 e. The molecule has 1 fully saturated rings. The number of anilines is 1. The number of likely N-dealkylation sites (N-methyl/N-ethyl adjacent to an activating group) is 1. The molecule has 0 bridgehead atoms. The second kappa shape index (κ2) is 6.82. The van der Waals surface area contributed by atoms with Crippen molar-refractivity contribution in [3.05, 3.63) is 17.8 Å². The molecule has 1 unspecified atom stereocenters. The lowest BCUT2D eigenvalue weighted by Crippen LogP contribution is -2.31. The molecule has 2 rings (SSSR count). The van der Waals surface area contributed by atoms with E-state index in [1.54, 1.807) is 0 Å². The second-order valence-electron chi connectivity index (χ2n) is 5.42. The maximum Gasteiger partial charge on any atom is 0.150 e. The number of likely N-dealkylation sites (tertiary alicyclic amines) is 1. The number of nitrogens with zero attached hydrogens (tertiary/aromatic N) is 4. The lowest BCUT2D eigenvalue weighted by atomic mass is 9.95. The van der Waals surface area contributed by atoms with Crippen molar-refractivity contribution in [1.82, 2.24) is 15.1 Å². The number of rotatable bonds is 5. The Morgan fingerprint density at radius 1 is 1.42 bits per heavy atom. The van der Waals surface area contributed by atoms with Crippen LogP contribution in [0.1, 0.15) is 30.9 Å². The van der Waals surface area contributed by atoms with Crippen LogP contribution in [0.15, 0.2) is 12.1 Å². The number of aromatic nitrogens is 2. The van der Waals surface area contributed by atoms with E-state index in [4.69, 9.17) is 5.11 Å². The Hall–Kier alpha value is -1.20. The monoisotopic (exact) mass is 264 g/mol. The van der Waals surface area contributed by atoms with Crippen LogP contribution < -0.4 is 4.90 Å². The van der Waals surface area contributed by atoms with Gasteiger partial charge in [-0.3, -0.25) is 0 Å². The zero-order valence-electron chi connectivity index (χ0n) is 11.9. The summed E-state index contributed by atoms with van der Waals surface area (Å²) in [5.74, 6) is 1.39. The predicted molar refractivity (Wildman–Crippen MR) is 76.5 cm³/mol. The van der Waals surface area contributed by atoms with E-state index in [-0.39, 0.29) is 6.61 Å². The molecule has 1 saturated heterocycles. The number of aliphatic hydroxyl groups is 1. The first-order chi connectivity index (χ1) is 9.20. The number of piperidine rings is 1. The van der Waals surface area contributed by atoms with Crippen molar-refractivity contribution < 1.29 is 5.11 Å². The van der Waals surface area contributed by atoms with Crippen LogP contribution >= 0.6 is 0 Å². The third-order valence-electron chi connectivity index (χ3n) is 3.76. The number of hydrogen-bond acceptors (Lipinski definition) is 5. The lowest BCUT2D eigenvalue weighted by Gasteiger charge is -2.29. The van der Waals surface area contributed by atoms with Gasteiger partial charge in [0.15, 0.2) is 5.82 Å². The average Bonchev–Trinajstić information content (AvgIpc) is 2.45. The molecule has 0 amide bonds. The smallest absolute Gasteiger partial charge is 0.150 e. The Labute approximate surface area is 115 Å². The molecule has 5 heteroatoms. The fourth-order valence-corrected chi connectivity index (χ4v) is 2.59. The van der Waals surface area contributed by atoms with Gasteiger partial charge < -0.3 is 14.9 Å². The Balaban J connectivity index is 1.97. The molecule has 106 valence electrons. The van der Waals surface area contributed by atoms with Gasteiger partial charge in [0.05, 0.1) is 5.69 Å². The normalized spacial score (nSPS) is 20.5. The Bertz CT molecular complexity index is 382. The number of hydrogen-bond donors (Lipinski definition) is 1. The summed E-state index contributed by atoms with van der Waals surface area (Å²) in [6.07, 6.45) is 3.20. The average molecular weight is 264 g/mol. The zero-order valence-corrected chi connectivity index (χ0v) is 11.9. The molecular formula is C14H24N4O. The van der Waals surface area contributed by atoms with Gasteiger partial charge in [-0.05, 0) is 45.0 Å². The van der Waals surface area contributed by atoms with Crippen LogP contribution in [0.25, 0.3) is 0 Å². The van der Waals surface area contributed by atoms with Crippen molar-refractivity contribution in [1.29, 1.82) is 0 Å². The minimum absolute atomic E-state index is 0.213. The Morgan fingerprint density at radius 3 is 2.89 bits per heavy atom. The molecule has 2 heterocycles. The lowest BCUT2D eigenvalue weighted by molar-refractivity contribution is 0.248. The van der Waals surface area contributed by atoms with Crippen molar-refractivity contribution in [3.8, 4) is 0 Å². The molecule has 1 N–H and O–H groups in total. The van der Waals surface area contributed by atoms with Gasteiger partial charge in [0, 0.05) is 32.7 Å². The molecule has 1 atom stereocenters. The molecule has 0 aromatic carbocycles. The van der Waals surface area contributed by atoms with Crippen molar-refractivity contribution in [2.45, 2.75) is 25.2 Å². The van der Waals surface area contributed by atoms with Gasteiger partial charge in [0.1, 0.15) is 0 Å². The highest BCUT2D eigenvalue weighted by molar-refractivity contribution is 5.36. The third kappa shape index (κ3) is 3.88. The first-order valence-corrected chi connectivity index (χ1v) is 7.05. The number of aliphatic hydroxyl groups excluding tert-OH is 1. The third-order valence-corrected chi connectivity index (χ3v) is 3.76. The van der Waals surface area contributed by atoms with Crippen molar-refractivity contribution in [3.63, 3.8) is 0 Å². The maximum atomic E-state index is 8.83. The van der Waals surface area contributed by atoms with Gasteiger partial charge >= 0.3 is 0 Å². The van der Waals surface area contributed by atoms with E-state index in [2.05, 4.69) is 28.2 Å². The Morgan fingerprint density at radius 2 is 2.26 bits per heavy atom. The van der Waals surface area contributed by atoms with E-state index in [9.17, 15) is 0 Å². The maximum absolute atomic E-state index is 8.83. The zero-order chi connectivity index (χ0) is 13.7. The SMILES string of the molecule is CN1CCCC(c2ccc(N(C)CCCO)nn2)C1. The summed E-state index contributed by atoms with van der Waals surface area (Å²) >= 11 is 0. The minimum Gasteiger partial charge on any atom is -0.396 e. The van der Waals surface area contributed by atoms with Crippen LogP contribution in [-0.2, 0) is 0 Å². The summed E-state index contributed by atoms with van der Waals surface area (Å²) in [4.78, 5) is 4.39. The highest BCUT2D eigenvalue weighted by Crippen LogP contribution is 2.24. The van der Waals surface area contributed by atoms with Crippen LogP contribution in [0, 0.1) is 0 Å². The molecule has 0 aliphatic carbocycles. The molecule has 1 aromatic heterocycles. The summed E-state index contributed by atoms with van der Waals surface area (Å²) in [6.45, 7) is 3.28. The van der Waals surface area contributed by atoms with Crippen LogP contribution in [0.4, 0.5) is 5.82 Å². The van der Waals surface area contributed by atoms with Crippen LogP contribution in [0.2, 0.25) is 0 Å². The van der Waals surface area contributed by atoms with Crippen molar-refractivity contribution in [2.24, 2.45) is 0 Å². The van der Waals surface area contributed by atoms with E-state index < -0.39 is 0 Å². The van der Waals surface area contributed by atoms with Crippen molar-refractivity contribution >= 4 is 5.82 Å². The molecule has 0 radical (unpaired) electrons.